The van der Waals surface area contributed by atoms with E-state index in [1.54, 1.807) is 0 Å². The van der Waals surface area contributed by atoms with Crippen LogP contribution >= 0.6 is 0 Å². The quantitative estimate of drug-likeness (QED) is 0.352. The van der Waals surface area contributed by atoms with Gasteiger partial charge in [0.15, 0.2) is 6.29 Å². The van der Waals surface area contributed by atoms with Gasteiger partial charge in [0.05, 0.1) is 24.9 Å². The van der Waals surface area contributed by atoms with E-state index in [9.17, 15) is 19.8 Å². The monoisotopic (exact) mass is 526 g/mol. The highest BCUT2D eigenvalue weighted by molar-refractivity contribution is 5.76. The molecule has 0 bridgehead atoms. The third kappa shape index (κ3) is 7.61. The summed E-state index contributed by atoms with van der Waals surface area (Å²) in [5.41, 5.74) is 3.66. The van der Waals surface area contributed by atoms with E-state index >= 15 is 0 Å². The number of carbonyl (C=O) groups is 2. The summed E-state index contributed by atoms with van der Waals surface area (Å²) in [6.45, 7) is 4.66. The number of aliphatic hydroxyl groups is 2. The largest absolute Gasteiger partial charge is 0.481 e. The summed E-state index contributed by atoms with van der Waals surface area (Å²) in [5, 5.41) is 31.0. The number of carboxylic acids is 1. The van der Waals surface area contributed by atoms with Gasteiger partial charge in [0.2, 0.25) is 5.91 Å². The van der Waals surface area contributed by atoms with Crippen LogP contribution in [0, 0.1) is 5.92 Å². The summed E-state index contributed by atoms with van der Waals surface area (Å²) in [6, 6.07) is 15.5. The first-order chi connectivity index (χ1) is 18.3. The normalized spacial score (nSPS) is 25.8. The molecular formula is C29H38N2O7. The smallest absolute Gasteiger partial charge is 0.303 e. The lowest BCUT2D eigenvalue weighted by atomic mass is 9.90. The van der Waals surface area contributed by atoms with Crippen molar-refractivity contribution in [3.05, 3.63) is 70.8 Å². The molecule has 0 unspecified atom stereocenters. The molecule has 1 amide bonds. The van der Waals surface area contributed by atoms with Gasteiger partial charge in [-0.3, -0.25) is 14.5 Å². The van der Waals surface area contributed by atoms with E-state index in [4.69, 9.17) is 14.6 Å². The molecule has 2 aliphatic heterocycles. The Morgan fingerprint density at radius 3 is 2.32 bits per heavy atom. The third-order valence-corrected chi connectivity index (χ3v) is 7.35. The van der Waals surface area contributed by atoms with Crippen molar-refractivity contribution in [2.75, 3.05) is 19.6 Å². The van der Waals surface area contributed by atoms with Gasteiger partial charge in [0.1, 0.15) is 0 Å². The van der Waals surface area contributed by atoms with Crippen molar-refractivity contribution in [2.24, 2.45) is 5.92 Å². The average molecular weight is 527 g/mol. The molecule has 0 saturated carbocycles. The van der Waals surface area contributed by atoms with Crippen LogP contribution in [0.3, 0.4) is 0 Å². The Balaban J connectivity index is 1.43. The maximum atomic E-state index is 12.0. The molecule has 4 rings (SSSR count). The summed E-state index contributed by atoms with van der Waals surface area (Å²) in [4.78, 5) is 24.8. The molecule has 2 aromatic carbocycles. The molecule has 0 spiro atoms. The number of carbonyl (C=O) groups excluding carboxylic acids is 1. The Labute approximate surface area is 223 Å². The van der Waals surface area contributed by atoms with E-state index in [1.165, 1.54) is 0 Å². The number of benzene rings is 2. The lowest BCUT2D eigenvalue weighted by molar-refractivity contribution is -0.276. The van der Waals surface area contributed by atoms with Crippen LogP contribution in [0.2, 0.25) is 0 Å². The van der Waals surface area contributed by atoms with Crippen LogP contribution in [0.5, 0.6) is 0 Å². The highest BCUT2D eigenvalue weighted by Crippen LogP contribution is 2.42. The second-order valence-corrected chi connectivity index (χ2v) is 10.3. The number of nitrogens with zero attached hydrogens (tertiary/aromatic N) is 1. The summed E-state index contributed by atoms with van der Waals surface area (Å²) in [7, 11) is 0. The predicted molar refractivity (Wildman–Crippen MR) is 140 cm³/mol. The first-order valence-electron chi connectivity index (χ1n) is 13.3. The topological polar surface area (TPSA) is 129 Å². The summed E-state index contributed by atoms with van der Waals surface area (Å²) >= 11 is 0. The third-order valence-electron chi connectivity index (χ3n) is 7.35. The number of hydrogen-bond donors (Lipinski definition) is 4. The van der Waals surface area contributed by atoms with Gasteiger partial charge in [0, 0.05) is 50.5 Å². The number of aliphatic hydroxyl groups excluding tert-OH is 2. The molecule has 5 atom stereocenters. The van der Waals surface area contributed by atoms with Crippen molar-refractivity contribution in [2.45, 2.75) is 70.4 Å². The van der Waals surface area contributed by atoms with Crippen molar-refractivity contribution >= 4 is 11.9 Å². The van der Waals surface area contributed by atoms with Gasteiger partial charge in [-0.25, -0.2) is 0 Å². The lowest BCUT2D eigenvalue weighted by Gasteiger charge is -2.42. The van der Waals surface area contributed by atoms with Crippen LogP contribution < -0.4 is 5.32 Å². The van der Waals surface area contributed by atoms with Gasteiger partial charge in [0.25, 0.3) is 0 Å². The maximum Gasteiger partial charge on any atom is 0.303 e. The standard InChI is InChI=1S/C29H38N2O7/c1-19-25(17-31-14-13-24(33)16-31)37-29(38-28(19)22-9-7-21(18-32)8-10-22)23-11-5-20(6-12-23)15-30-26(34)3-2-4-27(35)36/h5-12,19,24-25,28-29,32-33H,2-4,13-18H2,1H3,(H,30,34)(H,35,36)/t19-,24-,25+,28+,29+/m0/s1. The lowest BCUT2D eigenvalue weighted by Crippen LogP contribution is -2.44. The highest BCUT2D eigenvalue weighted by atomic mass is 16.7. The Morgan fingerprint density at radius 2 is 1.68 bits per heavy atom. The molecule has 2 heterocycles. The minimum Gasteiger partial charge on any atom is -0.481 e. The van der Waals surface area contributed by atoms with Gasteiger partial charge in [-0.1, -0.05) is 55.5 Å². The van der Waals surface area contributed by atoms with E-state index in [1.807, 2.05) is 48.5 Å². The molecule has 9 nitrogen and oxygen atoms in total. The second-order valence-electron chi connectivity index (χ2n) is 10.3. The van der Waals surface area contributed by atoms with Crippen molar-refractivity contribution in [3.63, 3.8) is 0 Å². The summed E-state index contributed by atoms with van der Waals surface area (Å²) in [6.07, 6.45) is 0.0613. The van der Waals surface area contributed by atoms with Gasteiger partial charge in [-0.2, -0.15) is 0 Å². The van der Waals surface area contributed by atoms with Gasteiger partial charge >= 0.3 is 5.97 Å². The fourth-order valence-corrected chi connectivity index (χ4v) is 5.04. The maximum absolute atomic E-state index is 12.0. The van der Waals surface area contributed by atoms with Gasteiger partial charge in [-0.15, -0.1) is 0 Å². The molecule has 2 aliphatic rings. The number of hydrogen-bond acceptors (Lipinski definition) is 7. The molecule has 9 heteroatoms. The minimum atomic E-state index is -0.903. The van der Waals surface area contributed by atoms with E-state index in [-0.39, 0.29) is 49.6 Å². The fourth-order valence-electron chi connectivity index (χ4n) is 5.04. The van der Waals surface area contributed by atoms with Gasteiger partial charge < -0.3 is 30.1 Å². The van der Waals surface area contributed by atoms with Crippen LogP contribution in [0.1, 0.15) is 67.3 Å². The molecule has 0 aliphatic carbocycles. The molecule has 2 aromatic rings. The van der Waals surface area contributed by atoms with Crippen molar-refractivity contribution in [3.8, 4) is 0 Å². The summed E-state index contributed by atoms with van der Waals surface area (Å²) in [5.74, 6) is -1.01. The molecule has 2 fully saturated rings. The second kappa shape index (κ2) is 13.3. The van der Waals surface area contributed by atoms with Crippen molar-refractivity contribution in [1.29, 1.82) is 0 Å². The number of carboxylic acid groups (broad SMARTS) is 1. The van der Waals surface area contributed by atoms with Gasteiger partial charge in [-0.05, 0) is 29.5 Å². The zero-order valence-corrected chi connectivity index (χ0v) is 21.8. The molecular weight excluding hydrogens is 488 g/mol. The molecule has 2 saturated heterocycles. The van der Waals surface area contributed by atoms with E-state index in [0.29, 0.717) is 26.1 Å². The Hall–Kier alpha value is -2.82. The number of likely N-dealkylation sites (tertiary alicyclic amines) is 1. The Bertz CT molecular complexity index is 1060. The minimum absolute atomic E-state index is 0.0118. The number of nitrogens with one attached hydrogen (secondary N) is 1. The average Bonchev–Trinajstić information content (AvgIpc) is 3.33. The van der Waals surface area contributed by atoms with Crippen molar-refractivity contribution < 1.29 is 34.4 Å². The van der Waals surface area contributed by atoms with Crippen LogP contribution in [0.25, 0.3) is 0 Å². The number of aliphatic carboxylic acids is 1. The predicted octanol–water partition coefficient (Wildman–Crippen LogP) is 2.91. The Morgan fingerprint density at radius 1 is 1.00 bits per heavy atom. The first kappa shape index (κ1) is 28.2. The van der Waals surface area contributed by atoms with E-state index < -0.39 is 12.3 Å². The van der Waals surface area contributed by atoms with Crippen LogP contribution in [0.15, 0.2) is 48.5 Å². The first-order valence-corrected chi connectivity index (χ1v) is 13.3. The van der Waals surface area contributed by atoms with E-state index in [0.717, 1.165) is 35.2 Å². The number of β-amino-alcohol motifs (C(OH)–C–C–N with tert-alkyl or cyclic N) is 1. The number of ether oxygens (including phenoxy) is 2. The molecule has 0 aromatic heterocycles. The van der Waals surface area contributed by atoms with Crippen LogP contribution in [0.4, 0.5) is 0 Å². The fraction of sp³-hybridized carbons (Fsp3) is 0.517. The zero-order valence-electron chi connectivity index (χ0n) is 21.8. The molecule has 0 radical (unpaired) electrons. The number of rotatable bonds is 11. The highest BCUT2D eigenvalue weighted by Gasteiger charge is 2.39. The van der Waals surface area contributed by atoms with Crippen molar-refractivity contribution in [1.82, 2.24) is 10.2 Å². The molecule has 206 valence electrons. The SMILES string of the molecule is C[C@H]1[C@@H](CN2CC[C@H](O)C2)O[C@@H](c2ccc(CNC(=O)CCCC(=O)O)cc2)O[C@H]1c1ccc(CO)cc1. The zero-order chi connectivity index (χ0) is 27.1. The van der Waals surface area contributed by atoms with Crippen LogP contribution in [-0.4, -0.2) is 63.9 Å². The number of amides is 1. The summed E-state index contributed by atoms with van der Waals surface area (Å²) < 4.78 is 13.0. The molecule has 38 heavy (non-hydrogen) atoms. The molecule has 4 N–H and O–H groups in total. The van der Waals surface area contributed by atoms with Crippen LogP contribution in [-0.2, 0) is 32.2 Å². The van der Waals surface area contributed by atoms with E-state index in [2.05, 4.69) is 17.1 Å². The Kier molecular flexibility index (Phi) is 9.87.